The third kappa shape index (κ3) is 5.67. The van der Waals surface area contributed by atoms with Gasteiger partial charge in [-0.05, 0) is 44.2 Å². The van der Waals surface area contributed by atoms with E-state index in [9.17, 15) is 9.59 Å². The Bertz CT molecular complexity index is 506. The average Bonchev–Trinajstić information content (AvgIpc) is 2.47. The first-order valence-electron chi connectivity index (χ1n) is 6.76. The summed E-state index contributed by atoms with van der Waals surface area (Å²) in [4.78, 5) is 23.3. The van der Waals surface area contributed by atoms with Crippen molar-refractivity contribution in [1.82, 2.24) is 10.9 Å². The lowest BCUT2D eigenvalue weighted by molar-refractivity contribution is -0.132. The van der Waals surface area contributed by atoms with Gasteiger partial charge in [0.1, 0.15) is 5.75 Å². The van der Waals surface area contributed by atoms with E-state index in [1.54, 1.807) is 18.7 Å². The SMILES string of the molecule is CSCCC(=O)NNC(=O)C(C)Oc1cccc(C)c1C. The fraction of sp³-hybridized carbons (Fsp3) is 0.467. The summed E-state index contributed by atoms with van der Waals surface area (Å²) in [7, 11) is 0. The predicted octanol–water partition coefficient (Wildman–Crippen LogP) is 1.97. The van der Waals surface area contributed by atoms with Crippen molar-refractivity contribution >= 4 is 23.6 Å². The van der Waals surface area contributed by atoms with Crippen molar-refractivity contribution in [3.8, 4) is 5.75 Å². The summed E-state index contributed by atoms with van der Waals surface area (Å²) in [5.41, 5.74) is 6.85. The van der Waals surface area contributed by atoms with Gasteiger partial charge in [0.2, 0.25) is 5.91 Å². The van der Waals surface area contributed by atoms with E-state index in [0.29, 0.717) is 12.2 Å². The first-order chi connectivity index (χ1) is 9.95. The predicted molar refractivity (Wildman–Crippen MR) is 85.3 cm³/mol. The van der Waals surface area contributed by atoms with Gasteiger partial charge in [-0.15, -0.1) is 0 Å². The maximum absolute atomic E-state index is 11.9. The Balaban J connectivity index is 2.48. The minimum atomic E-state index is -0.689. The third-order valence-corrected chi connectivity index (χ3v) is 3.70. The molecule has 1 rings (SSSR count). The minimum absolute atomic E-state index is 0.211. The summed E-state index contributed by atoms with van der Waals surface area (Å²) in [5.74, 6) is 0.798. The number of rotatable bonds is 6. The normalized spacial score (nSPS) is 11.6. The zero-order chi connectivity index (χ0) is 15.8. The molecule has 116 valence electrons. The molecule has 0 saturated carbocycles. The number of amides is 2. The first-order valence-corrected chi connectivity index (χ1v) is 8.15. The van der Waals surface area contributed by atoms with Crippen molar-refractivity contribution in [2.45, 2.75) is 33.3 Å². The molecule has 1 atom stereocenters. The van der Waals surface area contributed by atoms with Crippen LogP contribution in [0.15, 0.2) is 18.2 Å². The number of thioether (sulfide) groups is 1. The maximum Gasteiger partial charge on any atom is 0.279 e. The molecule has 0 aliphatic heterocycles. The Morgan fingerprint density at radius 1 is 1.29 bits per heavy atom. The molecule has 21 heavy (non-hydrogen) atoms. The van der Waals surface area contributed by atoms with Crippen LogP contribution in [0.1, 0.15) is 24.5 Å². The van der Waals surface area contributed by atoms with Gasteiger partial charge in [0.05, 0.1) is 0 Å². The van der Waals surface area contributed by atoms with Gasteiger partial charge >= 0.3 is 0 Å². The van der Waals surface area contributed by atoms with Gasteiger partial charge in [0.15, 0.2) is 6.10 Å². The van der Waals surface area contributed by atoms with E-state index in [1.165, 1.54) is 0 Å². The van der Waals surface area contributed by atoms with Gasteiger partial charge in [-0.3, -0.25) is 20.4 Å². The molecule has 0 fully saturated rings. The Hall–Kier alpha value is -1.69. The highest BCUT2D eigenvalue weighted by Gasteiger charge is 2.16. The number of carbonyl (C=O) groups is 2. The highest BCUT2D eigenvalue weighted by molar-refractivity contribution is 7.98. The van der Waals surface area contributed by atoms with Gasteiger partial charge in [-0.2, -0.15) is 11.8 Å². The monoisotopic (exact) mass is 310 g/mol. The van der Waals surface area contributed by atoms with Crippen LogP contribution in [0.25, 0.3) is 0 Å². The Kier molecular flexibility index (Phi) is 7.08. The average molecular weight is 310 g/mol. The van der Waals surface area contributed by atoms with Crippen LogP contribution in [0, 0.1) is 13.8 Å². The number of hydrogen-bond donors (Lipinski definition) is 2. The lowest BCUT2D eigenvalue weighted by Gasteiger charge is -2.17. The topological polar surface area (TPSA) is 67.4 Å². The molecule has 0 spiro atoms. The van der Waals surface area contributed by atoms with Gasteiger partial charge in [0.25, 0.3) is 5.91 Å². The molecule has 2 N–H and O–H groups in total. The van der Waals surface area contributed by atoms with Crippen molar-refractivity contribution in [2.24, 2.45) is 0 Å². The van der Waals surface area contributed by atoms with Gasteiger partial charge in [-0.25, -0.2) is 0 Å². The molecule has 0 aromatic heterocycles. The van der Waals surface area contributed by atoms with E-state index >= 15 is 0 Å². The van der Waals surface area contributed by atoms with Crippen LogP contribution < -0.4 is 15.6 Å². The van der Waals surface area contributed by atoms with Crippen molar-refractivity contribution in [3.63, 3.8) is 0 Å². The molecule has 1 aromatic carbocycles. The second-order valence-corrected chi connectivity index (χ2v) is 5.72. The van der Waals surface area contributed by atoms with E-state index in [1.807, 2.05) is 38.3 Å². The summed E-state index contributed by atoms with van der Waals surface area (Å²) in [6.07, 6.45) is 1.60. The Morgan fingerprint density at radius 3 is 2.67 bits per heavy atom. The standard InChI is InChI=1S/C15H22N2O3S/c1-10-6-5-7-13(11(10)2)20-12(3)15(19)17-16-14(18)8-9-21-4/h5-7,12H,8-9H2,1-4H3,(H,16,18)(H,17,19). The lowest BCUT2D eigenvalue weighted by Crippen LogP contribution is -2.47. The quantitative estimate of drug-likeness (QED) is 0.788. The van der Waals surface area contributed by atoms with Gasteiger partial charge in [0, 0.05) is 12.2 Å². The van der Waals surface area contributed by atoms with E-state index in [0.717, 1.165) is 16.9 Å². The van der Waals surface area contributed by atoms with Crippen LogP contribution in [0.5, 0.6) is 5.75 Å². The number of nitrogens with one attached hydrogen (secondary N) is 2. The van der Waals surface area contributed by atoms with E-state index < -0.39 is 6.10 Å². The molecule has 5 nitrogen and oxygen atoms in total. The second-order valence-electron chi connectivity index (χ2n) is 4.74. The second kappa shape index (κ2) is 8.56. The number of hydrazine groups is 1. The highest BCUT2D eigenvalue weighted by Crippen LogP contribution is 2.21. The zero-order valence-electron chi connectivity index (χ0n) is 12.9. The first kappa shape index (κ1) is 17.4. The summed E-state index contributed by atoms with van der Waals surface area (Å²) in [5, 5.41) is 0. The molecule has 0 aliphatic rings. The number of ether oxygens (including phenoxy) is 1. The smallest absolute Gasteiger partial charge is 0.279 e. The van der Waals surface area contributed by atoms with Crippen LogP contribution in [-0.2, 0) is 9.59 Å². The largest absolute Gasteiger partial charge is 0.481 e. The lowest BCUT2D eigenvalue weighted by atomic mass is 10.1. The van der Waals surface area contributed by atoms with Gasteiger partial charge in [-0.1, -0.05) is 12.1 Å². The van der Waals surface area contributed by atoms with E-state index in [-0.39, 0.29) is 11.8 Å². The fourth-order valence-corrected chi connectivity index (χ4v) is 1.98. The summed E-state index contributed by atoms with van der Waals surface area (Å²) in [6.45, 7) is 5.57. The van der Waals surface area contributed by atoms with Crippen LogP contribution in [0.3, 0.4) is 0 Å². The number of aryl methyl sites for hydroxylation is 1. The molecule has 1 aromatic rings. The van der Waals surface area contributed by atoms with Crippen molar-refractivity contribution in [2.75, 3.05) is 12.0 Å². The van der Waals surface area contributed by atoms with Crippen molar-refractivity contribution < 1.29 is 14.3 Å². The maximum atomic E-state index is 11.9. The fourth-order valence-electron chi connectivity index (χ4n) is 1.59. The van der Waals surface area contributed by atoms with Crippen LogP contribution in [0.2, 0.25) is 0 Å². The highest BCUT2D eigenvalue weighted by atomic mass is 32.2. The van der Waals surface area contributed by atoms with Gasteiger partial charge < -0.3 is 4.74 Å². The van der Waals surface area contributed by atoms with Crippen molar-refractivity contribution in [1.29, 1.82) is 0 Å². The summed E-state index contributed by atoms with van der Waals surface area (Å²) >= 11 is 1.58. The molecule has 0 aliphatic carbocycles. The Morgan fingerprint density at radius 2 is 2.00 bits per heavy atom. The molecule has 0 heterocycles. The molecule has 0 saturated heterocycles. The number of carbonyl (C=O) groups excluding carboxylic acids is 2. The molecule has 2 amide bonds. The van der Waals surface area contributed by atoms with Crippen LogP contribution in [0.4, 0.5) is 0 Å². The molecular weight excluding hydrogens is 288 g/mol. The molecule has 1 unspecified atom stereocenters. The zero-order valence-corrected chi connectivity index (χ0v) is 13.7. The number of benzene rings is 1. The van der Waals surface area contributed by atoms with Crippen molar-refractivity contribution in [3.05, 3.63) is 29.3 Å². The van der Waals surface area contributed by atoms with Crippen LogP contribution >= 0.6 is 11.8 Å². The van der Waals surface area contributed by atoms with E-state index in [2.05, 4.69) is 10.9 Å². The molecule has 6 heteroatoms. The third-order valence-electron chi connectivity index (χ3n) is 3.09. The Labute approximate surface area is 129 Å². The summed E-state index contributed by atoms with van der Waals surface area (Å²) < 4.78 is 5.63. The van der Waals surface area contributed by atoms with Crippen LogP contribution in [-0.4, -0.2) is 29.9 Å². The number of hydrogen-bond acceptors (Lipinski definition) is 4. The molecular formula is C15H22N2O3S. The van der Waals surface area contributed by atoms with E-state index in [4.69, 9.17) is 4.74 Å². The molecule has 0 radical (unpaired) electrons. The molecule has 0 bridgehead atoms. The summed E-state index contributed by atoms with van der Waals surface area (Å²) in [6, 6.07) is 5.69. The minimum Gasteiger partial charge on any atom is -0.481 e.